The highest BCUT2D eigenvalue weighted by Gasteiger charge is 2.12. The molecular weight excluding hydrogens is 276 g/mol. The first kappa shape index (κ1) is 16.1. The van der Waals surface area contributed by atoms with Crippen molar-refractivity contribution in [3.63, 3.8) is 0 Å². The topological polar surface area (TPSA) is 61.0 Å². The highest BCUT2D eigenvalue weighted by Crippen LogP contribution is 2.26. The van der Waals surface area contributed by atoms with E-state index in [1.165, 1.54) is 5.56 Å². The molecule has 0 aliphatic rings. The highest BCUT2D eigenvalue weighted by atomic mass is 16.1. The van der Waals surface area contributed by atoms with Crippen molar-refractivity contribution in [3.8, 4) is 0 Å². The van der Waals surface area contributed by atoms with E-state index in [0.717, 1.165) is 23.4 Å². The molecule has 118 valence electrons. The van der Waals surface area contributed by atoms with Crippen LogP contribution >= 0.6 is 0 Å². The number of anilines is 3. The van der Waals surface area contributed by atoms with Crippen LogP contribution < -0.4 is 15.8 Å². The smallest absolute Gasteiger partial charge is 0.257 e. The van der Waals surface area contributed by atoms with Gasteiger partial charge in [-0.15, -0.1) is 0 Å². The molecule has 0 saturated heterocycles. The molecule has 0 amide bonds. The monoisotopic (exact) mass is 300 g/mol. The minimum atomic E-state index is -0.116. The van der Waals surface area contributed by atoms with Crippen molar-refractivity contribution in [1.29, 1.82) is 0 Å². The first-order valence-corrected chi connectivity index (χ1v) is 7.50. The summed E-state index contributed by atoms with van der Waals surface area (Å²) in [6.07, 6.45) is 0. The fourth-order valence-electron chi connectivity index (χ4n) is 2.47. The van der Waals surface area contributed by atoms with E-state index in [4.69, 9.17) is 0 Å². The van der Waals surface area contributed by atoms with Gasteiger partial charge in [0.1, 0.15) is 5.82 Å². The lowest BCUT2D eigenvalue weighted by atomic mass is 10.1. The SMILES string of the molecule is CCN(C)c1nc(Nc2c(C)cc(C)cc2C)c(C)c(=O)[nH]1. The van der Waals surface area contributed by atoms with Gasteiger partial charge in [-0.1, -0.05) is 17.7 Å². The van der Waals surface area contributed by atoms with Gasteiger partial charge in [-0.2, -0.15) is 4.98 Å². The van der Waals surface area contributed by atoms with Crippen molar-refractivity contribution in [3.05, 3.63) is 44.7 Å². The number of aromatic nitrogens is 2. The second-order valence-electron chi connectivity index (χ2n) is 5.78. The zero-order valence-corrected chi connectivity index (χ0v) is 14.2. The number of benzene rings is 1. The second-order valence-corrected chi connectivity index (χ2v) is 5.78. The van der Waals surface area contributed by atoms with E-state index in [-0.39, 0.29) is 5.56 Å². The number of aromatic amines is 1. The van der Waals surface area contributed by atoms with Crippen LogP contribution in [-0.4, -0.2) is 23.6 Å². The van der Waals surface area contributed by atoms with Crippen LogP contribution in [-0.2, 0) is 0 Å². The average molecular weight is 300 g/mol. The standard InChI is InChI=1S/C17H24N4O/c1-7-21(6)17-19-15(13(5)16(22)20-17)18-14-11(3)8-10(2)9-12(14)4/h8-9H,7H2,1-6H3,(H2,18,19,20,22). The molecule has 0 saturated carbocycles. The molecule has 0 bridgehead atoms. The van der Waals surface area contributed by atoms with Gasteiger partial charge in [0, 0.05) is 19.3 Å². The summed E-state index contributed by atoms with van der Waals surface area (Å²) in [7, 11) is 1.90. The van der Waals surface area contributed by atoms with Gasteiger partial charge in [0.15, 0.2) is 0 Å². The Balaban J connectivity index is 2.50. The summed E-state index contributed by atoms with van der Waals surface area (Å²) < 4.78 is 0. The molecule has 0 fully saturated rings. The maximum absolute atomic E-state index is 12.1. The molecule has 5 nitrogen and oxygen atoms in total. The Bertz CT molecular complexity index is 726. The number of aryl methyl sites for hydroxylation is 3. The molecule has 22 heavy (non-hydrogen) atoms. The molecule has 0 atom stereocenters. The maximum atomic E-state index is 12.1. The third kappa shape index (κ3) is 3.13. The Labute approximate surface area is 131 Å². The van der Waals surface area contributed by atoms with Gasteiger partial charge in [0.2, 0.25) is 5.95 Å². The van der Waals surface area contributed by atoms with Crippen LogP contribution in [0.4, 0.5) is 17.5 Å². The third-order valence-electron chi connectivity index (χ3n) is 3.90. The van der Waals surface area contributed by atoms with Gasteiger partial charge in [0.05, 0.1) is 5.56 Å². The van der Waals surface area contributed by atoms with E-state index in [1.807, 2.05) is 18.9 Å². The summed E-state index contributed by atoms with van der Waals surface area (Å²) in [5.74, 6) is 1.18. The molecule has 0 unspecified atom stereocenters. The van der Waals surface area contributed by atoms with E-state index in [2.05, 4.69) is 48.2 Å². The molecule has 0 spiro atoms. The van der Waals surface area contributed by atoms with Crippen molar-refractivity contribution < 1.29 is 0 Å². The van der Waals surface area contributed by atoms with E-state index >= 15 is 0 Å². The molecule has 5 heteroatoms. The largest absolute Gasteiger partial charge is 0.346 e. The van der Waals surface area contributed by atoms with Crippen LogP contribution in [0.25, 0.3) is 0 Å². The molecule has 0 aliphatic heterocycles. The first-order chi connectivity index (χ1) is 10.3. The van der Waals surface area contributed by atoms with Crippen molar-refractivity contribution >= 4 is 17.5 Å². The first-order valence-electron chi connectivity index (χ1n) is 7.50. The van der Waals surface area contributed by atoms with E-state index in [9.17, 15) is 4.79 Å². The van der Waals surface area contributed by atoms with Crippen LogP contribution in [0.5, 0.6) is 0 Å². The van der Waals surface area contributed by atoms with Crippen molar-refractivity contribution in [2.24, 2.45) is 0 Å². The molecule has 1 aromatic heterocycles. The van der Waals surface area contributed by atoms with Gasteiger partial charge in [-0.3, -0.25) is 9.78 Å². The molecular formula is C17H24N4O. The number of rotatable bonds is 4. The predicted octanol–water partition coefficient (Wildman–Crippen LogP) is 3.20. The molecule has 2 rings (SSSR count). The fraction of sp³-hybridized carbons (Fsp3) is 0.412. The third-order valence-corrected chi connectivity index (χ3v) is 3.90. The van der Waals surface area contributed by atoms with Crippen LogP contribution in [0, 0.1) is 27.7 Å². The van der Waals surface area contributed by atoms with Gasteiger partial charge >= 0.3 is 0 Å². The second kappa shape index (κ2) is 6.22. The number of nitrogens with one attached hydrogen (secondary N) is 2. The van der Waals surface area contributed by atoms with Gasteiger partial charge < -0.3 is 10.2 Å². The lowest BCUT2D eigenvalue weighted by Gasteiger charge is -2.18. The quantitative estimate of drug-likeness (QED) is 0.910. The number of nitrogens with zero attached hydrogens (tertiary/aromatic N) is 2. The summed E-state index contributed by atoms with van der Waals surface area (Å²) >= 11 is 0. The van der Waals surface area contributed by atoms with Crippen LogP contribution in [0.1, 0.15) is 29.2 Å². The van der Waals surface area contributed by atoms with Gasteiger partial charge in [0.25, 0.3) is 5.56 Å². The Kier molecular flexibility index (Phi) is 4.54. The fourth-order valence-corrected chi connectivity index (χ4v) is 2.47. The van der Waals surface area contributed by atoms with E-state index < -0.39 is 0 Å². The zero-order valence-electron chi connectivity index (χ0n) is 14.2. The summed E-state index contributed by atoms with van der Waals surface area (Å²) in [6.45, 7) is 10.8. The Morgan fingerprint density at radius 1 is 1.18 bits per heavy atom. The number of hydrogen-bond acceptors (Lipinski definition) is 4. The zero-order chi connectivity index (χ0) is 16.4. The number of H-pyrrole nitrogens is 1. The molecule has 0 radical (unpaired) electrons. The minimum absolute atomic E-state index is 0.116. The lowest BCUT2D eigenvalue weighted by molar-refractivity contribution is 0.889. The average Bonchev–Trinajstić information content (AvgIpc) is 2.45. The van der Waals surface area contributed by atoms with Crippen molar-refractivity contribution in [2.45, 2.75) is 34.6 Å². The molecule has 1 aromatic carbocycles. The van der Waals surface area contributed by atoms with E-state index in [0.29, 0.717) is 17.3 Å². The normalized spacial score (nSPS) is 10.6. The van der Waals surface area contributed by atoms with Crippen LogP contribution in [0.3, 0.4) is 0 Å². The Hall–Kier alpha value is -2.30. The summed E-state index contributed by atoms with van der Waals surface area (Å²) in [4.78, 5) is 21.4. The highest BCUT2D eigenvalue weighted by molar-refractivity contribution is 5.67. The minimum Gasteiger partial charge on any atom is -0.346 e. The maximum Gasteiger partial charge on any atom is 0.257 e. The Morgan fingerprint density at radius 3 is 2.32 bits per heavy atom. The molecule has 1 heterocycles. The van der Waals surface area contributed by atoms with E-state index in [1.54, 1.807) is 6.92 Å². The summed E-state index contributed by atoms with van der Waals surface area (Å²) in [6, 6.07) is 4.24. The van der Waals surface area contributed by atoms with Crippen molar-refractivity contribution in [2.75, 3.05) is 23.8 Å². The molecule has 0 aliphatic carbocycles. The summed E-state index contributed by atoms with van der Waals surface area (Å²) in [5.41, 5.74) is 5.00. The van der Waals surface area contributed by atoms with Crippen molar-refractivity contribution in [1.82, 2.24) is 9.97 Å². The number of hydrogen-bond donors (Lipinski definition) is 2. The summed E-state index contributed by atoms with van der Waals surface area (Å²) in [5, 5.41) is 3.34. The Morgan fingerprint density at radius 2 is 1.77 bits per heavy atom. The van der Waals surface area contributed by atoms with Crippen LogP contribution in [0.15, 0.2) is 16.9 Å². The van der Waals surface area contributed by atoms with Gasteiger partial charge in [-0.05, 0) is 45.7 Å². The van der Waals surface area contributed by atoms with Gasteiger partial charge in [-0.25, -0.2) is 0 Å². The molecule has 2 aromatic rings. The lowest BCUT2D eigenvalue weighted by Crippen LogP contribution is -2.24. The predicted molar refractivity (Wildman–Crippen MR) is 92.5 cm³/mol. The molecule has 2 N–H and O–H groups in total. The van der Waals surface area contributed by atoms with Crippen LogP contribution in [0.2, 0.25) is 0 Å².